The Morgan fingerprint density at radius 3 is 2.32 bits per heavy atom. The Morgan fingerprint density at radius 2 is 1.60 bits per heavy atom. The van der Waals surface area contributed by atoms with Gasteiger partial charge in [-0.15, -0.1) is 0 Å². The maximum Gasteiger partial charge on any atom is 0.261 e. The Labute approximate surface area is 145 Å². The SMILES string of the molecule is O=C(Nc1ccc(NCCc2ccccc2)cc1)c1ccc[nH]c1=O. The van der Waals surface area contributed by atoms with E-state index in [-0.39, 0.29) is 5.56 Å². The topological polar surface area (TPSA) is 74.0 Å². The van der Waals surface area contributed by atoms with E-state index in [1.54, 1.807) is 18.2 Å². The van der Waals surface area contributed by atoms with Gasteiger partial charge in [-0.2, -0.15) is 0 Å². The van der Waals surface area contributed by atoms with Gasteiger partial charge in [-0.1, -0.05) is 30.3 Å². The number of hydrogen-bond acceptors (Lipinski definition) is 3. The van der Waals surface area contributed by atoms with Crippen molar-refractivity contribution >= 4 is 17.3 Å². The molecule has 3 rings (SSSR count). The number of aromatic nitrogens is 1. The molecule has 25 heavy (non-hydrogen) atoms. The van der Waals surface area contributed by atoms with Crippen LogP contribution in [-0.2, 0) is 6.42 Å². The molecule has 0 saturated heterocycles. The van der Waals surface area contributed by atoms with E-state index in [1.807, 2.05) is 30.3 Å². The molecule has 0 saturated carbocycles. The first-order valence-electron chi connectivity index (χ1n) is 8.09. The first kappa shape index (κ1) is 16.5. The molecule has 0 fully saturated rings. The van der Waals surface area contributed by atoms with Crippen molar-refractivity contribution in [1.29, 1.82) is 0 Å². The zero-order valence-electron chi connectivity index (χ0n) is 13.7. The summed E-state index contributed by atoms with van der Waals surface area (Å²) >= 11 is 0. The smallest absolute Gasteiger partial charge is 0.261 e. The van der Waals surface area contributed by atoms with Crippen molar-refractivity contribution in [1.82, 2.24) is 4.98 Å². The molecule has 3 aromatic rings. The van der Waals surface area contributed by atoms with Crippen LogP contribution in [0.3, 0.4) is 0 Å². The molecule has 0 aliphatic rings. The summed E-state index contributed by atoms with van der Waals surface area (Å²) in [5, 5.41) is 6.07. The molecule has 5 heteroatoms. The Bertz CT molecular complexity index is 887. The highest BCUT2D eigenvalue weighted by molar-refractivity contribution is 6.04. The largest absolute Gasteiger partial charge is 0.385 e. The second-order valence-corrected chi connectivity index (χ2v) is 5.61. The van der Waals surface area contributed by atoms with Crippen molar-refractivity contribution in [3.8, 4) is 0 Å². The molecule has 0 atom stereocenters. The Kier molecular flexibility index (Phi) is 5.26. The predicted molar refractivity (Wildman–Crippen MR) is 100 cm³/mol. The number of rotatable bonds is 6. The van der Waals surface area contributed by atoms with E-state index in [1.165, 1.54) is 17.8 Å². The van der Waals surface area contributed by atoms with Gasteiger partial charge in [-0.25, -0.2) is 0 Å². The van der Waals surface area contributed by atoms with Crippen LogP contribution in [0.4, 0.5) is 11.4 Å². The van der Waals surface area contributed by atoms with Crippen LogP contribution in [0.15, 0.2) is 77.7 Å². The lowest BCUT2D eigenvalue weighted by molar-refractivity contribution is 0.102. The average Bonchev–Trinajstić information content (AvgIpc) is 2.64. The molecular weight excluding hydrogens is 314 g/mol. The first-order chi connectivity index (χ1) is 12.2. The van der Waals surface area contributed by atoms with Crippen molar-refractivity contribution in [2.24, 2.45) is 0 Å². The van der Waals surface area contributed by atoms with E-state index in [0.29, 0.717) is 5.69 Å². The fraction of sp³-hybridized carbons (Fsp3) is 0.100. The summed E-state index contributed by atoms with van der Waals surface area (Å²) in [6.07, 6.45) is 2.44. The summed E-state index contributed by atoms with van der Waals surface area (Å²) in [7, 11) is 0. The third-order valence-corrected chi connectivity index (χ3v) is 3.79. The van der Waals surface area contributed by atoms with Gasteiger partial charge in [0.05, 0.1) is 0 Å². The van der Waals surface area contributed by atoms with E-state index in [0.717, 1.165) is 18.7 Å². The maximum atomic E-state index is 12.1. The molecule has 0 aliphatic carbocycles. The Morgan fingerprint density at radius 1 is 0.880 bits per heavy atom. The average molecular weight is 333 g/mol. The lowest BCUT2D eigenvalue weighted by Crippen LogP contribution is -2.22. The normalized spacial score (nSPS) is 10.2. The second-order valence-electron chi connectivity index (χ2n) is 5.61. The summed E-state index contributed by atoms with van der Waals surface area (Å²) in [4.78, 5) is 26.2. The minimum atomic E-state index is -0.424. The van der Waals surface area contributed by atoms with E-state index in [9.17, 15) is 9.59 Å². The van der Waals surface area contributed by atoms with Crippen LogP contribution in [0.25, 0.3) is 0 Å². The molecule has 1 aromatic heterocycles. The number of amides is 1. The zero-order valence-corrected chi connectivity index (χ0v) is 13.7. The van der Waals surface area contributed by atoms with E-state index < -0.39 is 11.5 Å². The highest BCUT2D eigenvalue weighted by atomic mass is 16.2. The third-order valence-electron chi connectivity index (χ3n) is 3.79. The zero-order chi connectivity index (χ0) is 17.5. The highest BCUT2D eigenvalue weighted by Crippen LogP contribution is 2.14. The molecule has 0 bridgehead atoms. The van der Waals surface area contributed by atoms with Gasteiger partial charge in [0.15, 0.2) is 0 Å². The molecule has 0 spiro atoms. The van der Waals surface area contributed by atoms with Crippen molar-refractivity contribution in [3.05, 3.63) is 94.4 Å². The molecule has 2 aromatic carbocycles. The number of pyridine rings is 1. The van der Waals surface area contributed by atoms with Crippen LogP contribution in [0.1, 0.15) is 15.9 Å². The molecule has 3 N–H and O–H groups in total. The minimum Gasteiger partial charge on any atom is -0.385 e. The fourth-order valence-corrected chi connectivity index (χ4v) is 2.47. The maximum absolute atomic E-state index is 12.1. The summed E-state index contributed by atoms with van der Waals surface area (Å²) in [5.74, 6) is -0.424. The molecule has 1 amide bonds. The van der Waals surface area contributed by atoms with Gasteiger partial charge in [0, 0.05) is 24.1 Å². The summed E-state index contributed by atoms with van der Waals surface area (Å²) in [6, 6.07) is 20.8. The number of carbonyl (C=O) groups is 1. The monoisotopic (exact) mass is 333 g/mol. The van der Waals surface area contributed by atoms with Gasteiger partial charge in [0.2, 0.25) is 0 Å². The van der Waals surface area contributed by atoms with Crippen LogP contribution in [0.2, 0.25) is 0 Å². The van der Waals surface area contributed by atoms with E-state index >= 15 is 0 Å². The molecule has 0 aliphatic heterocycles. The number of aromatic amines is 1. The molecular formula is C20H19N3O2. The molecule has 1 heterocycles. The summed E-state index contributed by atoms with van der Waals surface area (Å²) in [5.41, 5.74) is 2.59. The second kappa shape index (κ2) is 7.97. The van der Waals surface area contributed by atoms with Crippen molar-refractivity contribution in [3.63, 3.8) is 0 Å². The predicted octanol–water partition coefficient (Wildman–Crippen LogP) is 3.28. The third kappa shape index (κ3) is 4.57. The highest BCUT2D eigenvalue weighted by Gasteiger charge is 2.09. The summed E-state index contributed by atoms with van der Waals surface area (Å²) < 4.78 is 0. The van der Waals surface area contributed by atoms with Crippen molar-refractivity contribution in [2.45, 2.75) is 6.42 Å². The molecule has 126 valence electrons. The number of nitrogens with one attached hydrogen (secondary N) is 3. The quantitative estimate of drug-likeness (QED) is 0.648. The fourth-order valence-electron chi connectivity index (χ4n) is 2.47. The van der Waals surface area contributed by atoms with Gasteiger partial charge in [-0.3, -0.25) is 9.59 Å². The number of hydrogen-bond donors (Lipinski definition) is 3. The van der Waals surface area contributed by atoms with Gasteiger partial charge >= 0.3 is 0 Å². The number of anilines is 2. The van der Waals surface area contributed by atoms with Crippen LogP contribution in [0, 0.1) is 0 Å². The number of H-pyrrole nitrogens is 1. The van der Waals surface area contributed by atoms with Crippen molar-refractivity contribution in [2.75, 3.05) is 17.2 Å². The van der Waals surface area contributed by atoms with Gasteiger partial charge < -0.3 is 15.6 Å². The number of carbonyl (C=O) groups excluding carboxylic acids is 1. The first-order valence-corrected chi connectivity index (χ1v) is 8.09. The summed E-state index contributed by atoms with van der Waals surface area (Å²) in [6.45, 7) is 0.828. The van der Waals surface area contributed by atoms with Gasteiger partial charge in [-0.05, 0) is 48.4 Å². The Hall–Kier alpha value is -3.34. The Balaban J connectivity index is 1.54. The van der Waals surface area contributed by atoms with Gasteiger partial charge in [0.25, 0.3) is 11.5 Å². The lowest BCUT2D eigenvalue weighted by Gasteiger charge is -2.09. The molecule has 5 nitrogen and oxygen atoms in total. The van der Waals surface area contributed by atoms with Crippen LogP contribution >= 0.6 is 0 Å². The van der Waals surface area contributed by atoms with Crippen LogP contribution < -0.4 is 16.2 Å². The van der Waals surface area contributed by atoms with Crippen LogP contribution in [-0.4, -0.2) is 17.4 Å². The standard InChI is InChI=1S/C20H19N3O2/c24-19-18(7-4-13-22-19)20(25)23-17-10-8-16(9-11-17)21-14-12-15-5-2-1-3-6-15/h1-11,13,21H,12,14H2,(H,22,24)(H,23,25). The van der Waals surface area contributed by atoms with Crippen LogP contribution in [0.5, 0.6) is 0 Å². The van der Waals surface area contributed by atoms with Crippen molar-refractivity contribution < 1.29 is 4.79 Å². The molecule has 0 unspecified atom stereocenters. The van der Waals surface area contributed by atoms with E-state index in [4.69, 9.17) is 0 Å². The number of benzene rings is 2. The molecule has 0 radical (unpaired) electrons. The van der Waals surface area contributed by atoms with E-state index in [2.05, 4.69) is 27.8 Å². The minimum absolute atomic E-state index is 0.0903. The lowest BCUT2D eigenvalue weighted by atomic mass is 10.1. The van der Waals surface area contributed by atoms with Gasteiger partial charge in [0.1, 0.15) is 5.56 Å².